The number of carbonyl (C=O) groups is 1. The topological polar surface area (TPSA) is 59.9 Å². The fourth-order valence-electron chi connectivity index (χ4n) is 2.03. The highest BCUT2D eigenvalue weighted by Gasteiger charge is 2.14. The Kier molecular flexibility index (Phi) is 3.98. The third-order valence-corrected chi connectivity index (χ3v) is 3.56. The first-order chi connectivity index (χ1) is 10.6. The minimum atomic E-state index is -0.356. The van der Waals surface area contributed by atoms with Gasteiger partial charge in [-0.3, -0.25) is 4.79 Å². The lowest BCUT2D eigenvalue weighted by molar-refractivity contribution is 0.0955. The van der Waals surface area contributed by atoms with Crippen molar-refractivity contribution in [3.63, 3.8) is 0 Å². The third kappa shape index (κ3) is 2.89. The second-order valence-electron chi connectivity index (χ2n) is 4.69. The van der Waals surface area contributed by atoms with Crippen LogP contribution in [0, 0.1) is 0 Å². The summed E-state index contributed by atoms with van der Waals surface area (Å²) in [5.41, 5.74) is 4.37. The minimum absolute atomic E-state index is 0.220. The number of rotatable bonds is 3. The molecule has 2 aromatic rings. The van der Waals surface area contributed by atoms with E-state index in [4.69, 9.17) is 21.1 Å². The molecular weight excluding hydrogens is 304 g/mol. The van der Waals surface area contributed by atoms with Crippen LogP contribution in [0.4, 0.5) is 0 Å². The predicted molar refractivity (Wildman–Crippen MR) is 83.7 cm³/mol. The van der Waals surface area contributed by atoms with Crippen LogP contribution in [0.3, 0.4) is 0 Å². The summed E-state index contributed by atoms with van der Waals surface area (Å²) in [5, 5.41) is 4.48. The standard InChI is InChI=1S/C16H13ClN2O3/c1-10(11-6-7-14-15(8-11)22-9-21-14)18-19-16(20)12-4-2-3-5-13(12)17/h2-8H,9H2,1H3,(H,19,20)/b18-10+. The number of hydrogen-bond acceptors (Lipinski definition) is 4. The molecule has 1 amide bonds. The van der Waals surface area contributed by atoms with Crippen LogP contribution < -0.4 is 14.9 Å². The van der Waals surface area contributed by atoms with Crippen molar-refractivity contribution < 1.29 is 14.3 Å². The van der Waals surface area contributed by atoms with Gasteiger partial charge in [-0.1, -0.05) is 23.7 Å². The lowest BCUT2D eigenvalue weighted by Crippen LogP contribution is -2.19. The Bertz CT molecular complexity index is 759. The van der Waals surface area contributed by atoms with Gasteiger partial charge in [0.05, 0.1) is 16.3 Å². The molecule has 2 aromatic carbocycles. The molecule has 22 heavy (non-hydrogen) atoms. The Morgan fingerprint density at radius 2 is 1.95 bits per heavy atom. The van der Waals surface area contributed by atoms with Crippen LogP contribution in [0.2, 0.25) is 5.02 Å². The highest BCUT2D eigenvalue weighted by Crippen LogP contribution is 2.32. The summed E-state index contributed by atoms with van der Waals surface area (Å²) in [5.74, 6) is 1.02. The molecule has 3 rings (SSSR count). The normalized spacial score (nSPS) is 13.1. The van der Waals surface area contributed by atoms with Gasteiger partial charge >= 0.3 is 0 Å². The van der Waals surface area contributed by atoms with Crippen LogP contribution in [0.15, 0.2) is 47.6 Å². The summed E-state index contributed by atoms with van der Waals surface area (Å²) in [6.07, 6.45) is 0. The van der Waals surface area contributed by atoms with Crippen molar-refractivity contribution in [2.24, 2.45) is 5.10 Å². The molecule has 0 radical (unpaired) electrons. The number of hydrogen-bond donors (Lipinski definition) is 1. The Hall–Kier alpha value is -2.53. The second kappa shape index (κ2) is 6.07. The maximum absolute atomic E-state index is 12.0. The molecule has 0 fully saturated rings. The van der Waals surface area contributed by atoms with Crippen molar-refractivity contribution in [3.05, 3.63) is 58.6 Å². The Labute approximate surface area is 132 Å². The van der Waals surface area contributed by atoms with Crippen molar-refractivity contribution in [1.82, 2.24) is 5.43 Å². The van der Waals surface area contributed by atoms with Gasteiger partial charge in [0.25, 0.3) is 5.91 Å². The zero-order valence-electron chi connectivity index (χ0n) is 11.8. The van der Waals surface area contributed by atoms with Gasteiger partial charge in [-0.25, -0.2) is 5.43 Å². The van der Waals surface area contributed by atoms with E-state index in [1.54, 1.807) is 31.2 Å². The quantitative estimate of drug-likeness (QED) is 0.698. The maximum atomic E-state index is 12.0. The SMILES string of the molecule is C/C(=N\NC(=O)c1ccccc1Cl)c1ccc2c(c1)OCO2. The van der Waals surface area contributed by atoms with Crippen LogP contribution in [-0.2, 0) is 0 Å². The molecule has 112 valence electrons. The summed E-state index contributed by atoms with van der Waals surface area (Å²) < 4.78 is 10.6. The molecule has 5 nitrogen and oxygen atoms in total. The number of benzene rings is 2. The van der Waals surface area contributed by atoms with Gasteiger partial charge in [0, 0.05) is 5.56 Å². The average molecular weight is 317 g/mol. The van der Waals surface area contributed by atoms with Crippen molar-refractivity contribution in [1.29, 1.82) is 0 Å². The minimum Gasteiger partial charge on any atom is -0.454 e. The zero-order chi connectivity index (χ0) is 15.5. The highest BCUT2D eigenvalue weighted by atomic mass is 35.5. The largest absolute Gasteiger partial charge is 0.454 e. The zero-order valence-corrected chi connectivity index (χ0v) is 12.6. The molecule has 0 saturated heterocycles. The second-order valence-corrected chi connectivity index (χ2v) is 5.09. The number of hydrazone groups is 1. The monoisotopic (exact) mass is 316 g/mol. The van der Waals surface area contributed by atoms with Gasteiger partial charge in [0.15, 0.2) is 11.5 Å². The van der Waals surface area contributed by atoms with Gasteiger partial charge in [-0.2, -0.15) is 5.10 Å². The van der Waals surface area contributed by atoms with Crippen LogP contribution in [0.5, 0.6) is 11.5 Å². The van der Waals surface area contributed by atoms with E-state index in [0.717, 1.165) is 5.56 Å². The number of amides is 1. The third-order valence-electron chi connectivity index (χ3n) is 3.23. The molecule has 0 unspecified atom stereocenters. The summed E-state index contributed by atoms with van der Waals surface area (Å²) in [7, 11) is 0. The number of halogens is 1. The molecule has 0 aromatic heterocycles. The average Bonchev–Trinajstić information content (AvgIpc) is 3.00. The molecule has 0 aliphatic carbocycles. The van der Waals surface area contributed by atoms with Gasteiger partial charge in [-0.05, 0) is 37.3 Å². The summed E-state index contributed by atoms with van der Waals surface area (Å²) >= 11 is 5.98. The first-order valence-electron chi connectivity index (χ1n) is 6.64. The number of ether oxygens (including phenoxy) is 2. The molecular formula is C16H13ClN2O3. The van der Waals surface area contributed by atoms with E-state index < -0.39 is 0 Å². The van der Waals surface area contributed by atoms with Crippen molar-refractivity contribution in [3.8, 4) is 11.5 Å². The molecule has 1 aliphatic rings. The molecule has 1 heterocycles. The molecule has 0 bridgehead atoms. The molecule has 0 spiro atoms. The number of nitrogens with zero attached hydrogens (tertiary/aromatic N) is 1. The Morgan fingerprint density at radius 1 is 1.18 bits per heavy atom. The Balaban J connectivity index is 1.75. The summed E-state index contributed by atoms with van der Waals surface area (Å²) in [6.45, 7) is 2.02. The first kappa shape index (κ1) is 14.4. The van der Waals surface area contributed by atoms with Gasteiger partial charge in [-0.15, -0.1) is 0 Å². The van der Waals surface area contributed by atoms with E-state index in [1.807, 2.05) is 18.2 Å². The van der Waals surface area contributed by atoms with Crippen LogP contribution in [-0.4, -0.2) is 18.4 Å². The van der Waals surface area contributed by atoms with Gasteiger partial charge in [0.2, 0.25) is 6.79 Å². The van der Waals surface area contributed by atoms with E-state index in [-0.39, 0.29) is 12.7 Å². The fraction of sp³-hybridized carbons (Fsp3) is 0.125. The smallest absolute Gasteiger partial charge is 0.272 e. The van der Waals surface area contributed by atoms with Crippen LogP contribution in [0.1, 0.15) is 22.8 Å². The van der Waals surface area contributed by atoms with E-state index >= 15 is 0 Å². The van der Waals surface area contributed by atoms with Crippen molar-refractivity contribution >= 4 is 23.2 Å². The molecule has 0 saturated carbocycles. The predicted octanol–water partition coefficient (Wildman–Crippen LogP) is 3.22. The van der Waals surface area contributed by atoms with E-state index in [1.165, 1.54) is 0 Å². The molecule has 0 atom stereocenters. The van der Waals surface area contributed by atoms with E-state index in [2.05, 4.69) is 10.5 Å². The number of nitrogens with one attached hydrogen (secondary N) is 1. The fourth-order valence-corrected chi connectivity index (χ4v) is 2.25. The molecule has 6 heteroatoms. The number of fused-ring (bicyclic) bond motifs is 1. The lowest BCUT2D eigenvalue weighted by Gasteiger charge is -2.05. The maximum Gasteiger partial charge on any atom is 0.272 e. The van der Waals surface area contributed by atoms with Crippen molar-refractivity contribution in [2.45, 2.75) is 6.92 Å². The Morgan fingerprint density at radius 3 is 2.77 bits per heavy atom. The first-order valence-corrected chi connectivity index (χ1v) is 7.02. The van der Waals surface area contributed by atoms with Crippen LogP contribution >= 0.6 is 11.6 Å². The highest BCUT2D eigenvalue weighted by molar-refractivity contribution is 6.33. The molecule has 1 aliphatic heterocycles. The van der Waals surface area contributed by atoms with E-state index in [0.29, 0.717) is 27.8 Å². The van der Waals surface area contributed by atoms with Crippen LogP contribution in [0.25, 0.3) is 0 Å². The van der Waals surface area contributed by atoms with E-state index in [9.17, 15) is 4.79 Å². The lowest BCUT2D eigenvalue weighted by atomic mass is 10.1. The van der Waals surface area contributed by atoms with Crippen molar-refractivity contribution in [2.75, 3.05) is 6.79 Å². The number of carbonyl (C=O) groups excluding carboxylic acids is 1. The van der Waals surface area contributed by atoms with Gasteiger partial charge < -0.3 is 9.47 Å². The summed E-state index contributed by atoms with van der Waals surface area (Å²) in [6, 6.07) is 12.3. The van der Waals surface area contributed by atoms with Gasteiger partial charge in [0.1, 0.15) is 0 Å². The molecule has 1 N–H and O–H groups in total. The summed E-state index contributed by atoms with van der Waals surface area (Å²) in [4.78, 5) is 12.0.